The van der Waals surface area contributed by atoms with Crippen LogP contribution in [0.4, 0.5) is 0 Å². The molecule has 1 rings (SSSR count). The van der Waals surface area contributed by atoms with Crippen molar-refractivity contribution in [1.29, 1.82) is 0 Å². The van der Waals surface area contributed by atoms with E-state index in [-0.39, 0.29) is 5.91 Å². The molecule has 0 radical (unpaired) electrons. The van der Waals surface area contributed by atoms with Crippen molar-refractivity contribution >= 4 is 17.7 Å². The number of carbonyl (C=O) groups excluding carboxylic acids is 1. The Hall–Kier alpha value is -1.00. The van der Waals surface area contributed by atoms with Crippen LogP contribution in [0.15, 0.2) is 29.2 Å². The van der Waals surface area contributed by atoms with Gasteiger partial charge in [-0.15, -0.1) is 11.8 Å². The average molecular weight is 266 g/mol. The molecule has 0 bridgehead atoms. The largest absolute Gasteiger partial charge is 0.359 e. The van der Waals surface area contributed by atoms with Gasteiger partial charge in [-0.2, -0.15) is 0 Å². The van der Waals surface area contributed by atoms with E-state index in [1.54, 1.807) is 7.05 Å². The number of amides is 1. The molecular formula is C14H22N2OS. The van der Waals surface area contributed by atoms with Gasteiger partial charge in [0.2, 0.25) is 5.91 Å². The molecule has 0 aliphatic heterocycles. The Labute approximate surface area is 114 Å². The third kappa shape index (κ3) is 6.07. The van der Waals surface area contributed by atoms with E-state index in [1.165, 1.54) is 10.5 Å². The molecule has 1 amide bonds. The van der Waals surface area contributed by atoms with Crippen molar-refractivity contribution in [2.75, 3.05) is 19.3 Å². The number of carbonyl (C=O) groups is 1. The summed E-state index contributed by atoms with van der Waals surface area (Å²) in [4.78, 5) is 12.3. The first kappa shape index (κ1) is 15.1. The highest BCUT2D eigenvalue weighted by Gasteiger charge is 2.00. The second-order valence-electron chi connectivity index (χ2n) is 4.05. The van der Waals surface area contributed by atoms with E-state index in [4.69, 9.17) is 0 Å². The van der Waals surface area contributed by atoms with Gasteiger partial charge in [0.15, 0.2) is 0 Å². The van der Waals surface area contributed by atoms with Crippen molar-refractivity contribution in [2.24, 2.45) is 0 Å². The average Bonchev–Trinajstić information content (AvgIpc) is 2.41. The maximum atomic E-state index is 11.1. The fraction of sp³-hybridized carbons (Fsp3) is 0.500. The summed E-state index contributed by atoms with van der Waals surface area (Å²) in [5.41, 5.74) is 1.31. The molecule has 1 aromatic rings. The monoisotopic (exact) mass is 266 g/mol. The lowest BCUT2D eigenvalue weighted by molar-refractivity contribution is -0.120. The highest BCUT2D eigenvalue weighted by Crippen LogP contribution is 2.20. The third-order valence-electron chi connectivity index (χ3n) is 2.57. The summed E-state index contributed by atoms with van der Waals surface area (Å²) in [6.07, 6.45) is 1.53. The zero-order valence-corrected chi connectivity index (χ0v) is 12.0. The van der Waals surface area contributed by atoms with E-state index in [1.807, 2.05) is 11.8 Å². The molecule has 0 saturated carbocycles. The molecule has 0 heterocycles. The normalized spacial score (nSPS) is 10.3. The molecule has 0 atom stereocenters. The van der Waals surface area contributed by atoms with Gasteiger partial charge in [0.05, 0.1) is 0 Å². The lowest BCUT2D eigenvalue weighted by Crippen LogP contribution is -2.17. The number of thioether (sulfide) groups is 1. The van der Waals surface area contributed by atoms with Gasteiger partial charge in [0, 0.05) is 24.9 Å². The Bertz CT molecular complexity index is 369. The highest BCUT2D eigenvalue weighted by atomic mass is 32.2. The molecule has 1 aromatic carbocycles. The lowest BCUT2D eigenvalue weighted by Gasteiger charge is -2.05. The fourth-order valence-electron chi connectivity index (χ4n) is 1.56. The molecule has 2 N–H and O–H groups in total. The third-order valence-corrected chi connectivity index (χ3v) is 3.65. The summed E-state index contributed by atoms with van der Waals surface area (Å²) >= 11 is 1.81. The molecule has 0 spiro atoms. The first-order valence-electron chi connectivity index (χ1n) is 6.39. The van der Waals surface area contributed by atoms with Gasteiger partial charge < -0.3 is 10.6 Å². The van der Waals surface area contributed by atoms with Crippen LogP contribution < -0.4 is 10.6 Å². The van der Waals surface area contributed by atoms with E-state index in [2.05, 4.69) is 41.8 Å². The molecule has 100 valence electrons. The van der Waals surface area contributed by atoms with Crippen LogP contribution in [0.3, 0.4) is 0 Å². The quantitative estimate of drug-likeness (QED) is 0.561. The summed E-state index contributed by atoms with van der Waals surface area (Å²) in [6, 6.07) is 8.57. The summed E-state index contributed by atoms with van der Waals surface area (Å²) in [5.74, 6) is 1.11. The summed E-state index contributed by atoms with van der Waals surface area (Å²) in [5, 5.41) is 5.96. The molecule has 3 nitrogen and oxygen atoms in total. The highest BCUT2D eigenvalue weighted by molar-refractivity contribution is 7.99. The Morgan fingerprint density at radius 1 is 1.39 bits per heavy atom. The van der Waals surface area contributed by atoms with Crippen LogP contribution in [0.25, 0.3) is 0 Å². The standard InChI is InChI=1S/C14H22N2OS/c1-3-16-11-12-6-4-7-13(10-12)18-9-5-8-14(17)15-2/h4,6-7,10,16H,3,5,8-9,11H2,1-2H3,(H,15,17). The second kappa shape index (κ2) is 9.00. The minimum absolute atomic E-state index is 0.122. The van der Waals surface area contributed by atoms with Crippen molar-refractivity contribution in [3.63, 3.8) is 0 Å². The Kier molecular flexibility index (Phi) is 7.53. The van der Waals surface area contributed by atoms with Gasteiger partial charge in [-0.3, -0.25) is 4.79 Å². The molecule has 0 aromatic heterocycles. The van der Waals surface area contributed by atoms with E-state index in [9.17, 15) is 4.79 Å². The number of hydrogen-bond acceptors (Lipinski definition) is 3. The Morgan fingerprint density at radius 3 is 2.94 bits per heavy atom. The second-order valence-corrected chi connectivity index (χ2v) is 5.22. The summed E-state index contributed by atoms with van der Waals surface area (Å²) < 4.78 is 0. The molecule has 0 aliphatic rings. The predicted octanol–water partition coefficient (Wildman–Crippen LogP) is 2.41. The van der Waals surface area contributed by atoms with E-state index in [0.29, 0.717) is 6.42 Å². The predicted molar refractivity (Wildman–Crippen MR) is 77.8 cm³/mol. The maximum Gasteiger partial charge on any atom is 0.219 e. The summed E-state index contributed by atoms with van der Waals surface area (Å²) in [6.45, 7) is 4.02. The van der Waals surface area contributed by atoms with Gasteiger partial charge in [-0.25, -0.2) is 0 Å². The zero-order valence-electron chi connectivity index (χ0n) is 11.2. The van der Waals surface area contributed by atoms with E-state index >= 15 is 0 Å². The van der Waals surface area contributed by atoms with Crippen LogP contribution in [0.5, 0.6) is 0 Å². The van der Waals surface area contributed by atoms with Crippen molar-refractivity contribution in [3.8, 4) is 0 Å². The van der Waals surface area contributed by atoms with Crippen LogP contribution in [0, 0.1) is 0 Å². The van der Waals surface area contributed by atoms with Crippen molar-refractivity contribution < 1.29 is 4.79 Å². The molecule has 0 unspecified atom stereocenters. The van der Waals surface area contributed by atoms with Gasteiger partial charge in [0.25, 0.3) is 0 Å². The minimum Gasteiger partial charge on any atom is -0.359 e. The number of nitrogens with one attached hydrogen (secondary N) is 2. The zero-order chi connectivity index (χ0) is 13.2. The first-order valence-corrected chi connectivity index (χ1v) is 7.38. The summed E-state index contributed by atoms with van der Waals surface area (Å²) in [7, 11) is 1.68. The van der Waals surface area contributed by atoms with Crippen LogP contribution in [-0.2, 0) is 11.3 Å². The lowest BCUT2D eigenvalue weighted by atomic mass is 10.2. The fourth-order valence-corrected chi connectivity index (χ4v) is 2.50. The molecular weight excluding hydrogens is 244 g/mol. The van der Waals surface area contributed by atoms with E-state index < -0.39 is 0 Å². The Balaban J connectivity index is 2.31. The minimum atomic E-state index is 0.122. The number of hydrogen-bond donors (Lipinski definition) is 2. The SMILES string of the molecule is CCNCc1cccc(SCCCC(=O)NC)c1. The van der Waals surface area contributed by atoms with Gasteiger partial charge >= 0.3 is 0 Å². The van der Waals surface area contributed by atoms with Crippen LogP contribution >= 0.6 is 11.8 Å². The number of benzene rings is 1. The topological polar surface area (TPSA) is 41.1 Å². The molecule has 0 aliphatic carbocycles. The smallest absolute Gasteiger partial charge is 0.219 e. The first-order chi connectivity index (χ1) is 8.76. The molecule has 0 saturated heterocycles. The maximum absolute atomic E-state index is 11.1. The molecule has 4 heteroatoms. The van der Waals surface area contributed by atoms with Gasteiger partial charge in [-0.05, 0) is 36.4 Å². The van der Waals surface area contributed by atoms with Crippen LogP contribution in [0.1, 0.15) is 25.3 Å². The van der Waals surface area contributed by atoms with Crippen molar-refractivity contribution in [3.05, 3.63) is 29.8 Å². The van der Waals surface area contributed by atoms with Gasteiger partial charge in [0.1, 0.15) is 0 Å². The number of rotatable bonds is 8. The van der Waals surface area contributed by atoms with Crippen molar-refractivity contribution in [2.45, 2.75) is 31.2 Å². The van der Waals surface area contributed by atoms with Gasteiger partial charge in [-0.1, -0.05) is 19.1 Å². The Morgan fingerprint density at radius 2 is 2.22 bits per heavy atom. The van der Waals surface area contributed by atoms with Crippen molar-refractivity contribution in [1.82, 2.24) is 10.6 Å². The van der Waals surface area contributed by atoms with Crippen LogP contribution in [0.2, 0.25) is 0 Å². The van der Waals surface area contributed by atoms with E-state index in [0.717, 1.165) is 25.3 Å². The molecule has 0 fully saturated rings. The molecule has 18 heavy (non-hydrogen) atoms. The van der Waals surface area contributed by atoms with Crippen LogP contribution in [-0.4, -0.2) is 25.3 Å².